The van der Waals surface area contributed by atoms with E-state index in [1.54, 1.807) is 0 Å². The number of benzene rings is 1. The van der Waals surface area contributed by atoms with Crippen molar-refractivity contribution in [3.63, 3.8) is 0 Å². The molecule has 0 N–H and O–H groups in total. The summed E-state index contributed by atoms with van der Waals surface area (Å²) >= 11 is 0. The van der Waals surface area contributed by atoms with Crippen molar-refractivity contribution in [3.8, 4) is 11.5 Å². The van der Waals surface area contributed by atoms with Gasteiger partial charge in [0.15, 0.2) is 11.5 Å². The van der Waals surface area contributed by atoms with E-state index in [0.717, 1.165) is 24.3 Å². The van der Waals surface area contributed by atoms with E-state index in [1.807, 2.05) is 35.0 Å². The summed E-state index contributed by atoms with van der Waals surface area (Å²) in [7, 11) is 1.85. The summed E-state index contributed by atoms with van der Waals surface area (Å²) < 4.78 is 10.6. The zero-order valence-electron chi connectivity index (χ0n) is 13.2. The van der Waals surface area contributed by atoms with Gasteiger partial charge in [-0.15, -0.1) is 0 Å². The Hall–Kier alpha value is -2.24. The summed E-state index contributed by atoms with van der Waals surface area (Å²) in [6.45, 7) is 1.63. The smallest absolute Gasteiger partial charge is 0.231 e. The average Bonchev–Trinajstić information content (AvgIpc) is 3.12. The molecule has 1 aromatic carbocycles. The predicted molar refractivity (Wildman–Crippen MR) is 82.1 cm³/mol. The lowest BCUT2D eigenvalue weighted by Gasteiger charge is -2.37. The predicted octanol–water partition coefficient (Wildman–Crippen LogP) is 1.04. The molecule has 0 radical (unpaired) electrons. The van der Waals surface area contributed by atoms with Gasteiger partial charge >= 0.3 is 0 Å². The molecule has 3 heterocycles. The summed E-state index contributed by atoms with van der Waals surface area (Å²) in [5.74, 6) is 2.14. The maximum absolute atomic E-state index is 12.6. The minimum absolute atomic E-state index is 0.107. The van der Waals surface area contributed by atoms with Crippen LogP contribution >= 0.6 is 0 Å². The second kappa shape index (κ2) is 5.44. The molecule has 0 aromatic heterocycles. The summed E-state index contributed by atoms with van der Waals surface area (Å²) in [6.07, 6.45) is 1.89. The molecule has 0 unspecified atom stereocenters. The highest BCUT2D eigenvalue weighted by atomic mass is 16.7. The van der Waals surface area contributed by atoms with E-state index in [1.165, 1.54) is 0 Å². The molecule has 2 fully saturated rings. The summed E-state index contributed by atoms with van der Waals surface area (Å²) in [6, 6.07) is 5.80. The van der Waals surface area contributed by atoms with Gasteiger partial charge < -0.3 is 19.3 Å². The molecule has 23 heavy (non-hydrogen) atoms. The zero-order chi connectivity index (χ0) is 16.0. The minimum Gasteiger partial charge on any atom is -0.454 e. The molecule has 6 heteroatoms. The maximum atomic E-state index is 12.6. The van der Waals surface area contributed by atoms with Crippen molar-refractivity contribution in [2.24, 2.45) is 5.92 Å². The molecule has 2 amide bonds. The molecule has 2 saturated heterocycles. The molecule has 0 spiro atoms. The van der Waals surface area contributed by atoms with Crippen LogP contribution < -0.4 is 9.47 Å². The minimum atomic E-state index is 0.107. The van der Waals surface area contributed by atoms with E-state index in [-0.39, 0.29) is 24.6 Å². The first kappa shape index (κ1) is 14.4. The van der Waals surface area contributed by atoms with E-state index in [0.29, 0.717) is 31.1 Å². The largest absolute Gasteiger partial charge is 0.454 e. The lowest BCUT2D eigenvalue weighted by Crippen LogP contribution is -2.49. The number of hydrogen-bond donors (Lipinski definition) is 0. The van der Waals surface area contributed by atoms with E-state index in [9.17, 15) is 9.59 Å². The van der Waals surface area contributed by atoms with Crippen molar-refractivity contribution in [2.75, 3.05) is 26.9 Å². The van der Waals surface area contributed by atoms with Crippen molar-refractivity contribution in [3.05, 3.63) is 23.8 Å². The van der Waals surface area contributed by atoms with Crippen LogP contribution in [-0.4, -0.2) is 54.6 Å². The van der Waals surface area contributed by atoms with Crippen molar-refractivity contribution in [1.82, 2.24) is 9.80 Å². The number of carbonyl (C=O) groups excluding carboxylic acids is 2. The second-order valence-electron chi connectivity index (χ2n) is 6.53. The highest BCUT2D eigenvalue weighted by Gasteiger charge is 2.41. The molecule has 0 aliphatic carbocycles. The highest BCUT2D eigenvalue weighted by molar-refractivity contribution is 5.81. The fourth-order valence-electron chi connectivity index (χ4n) is 3.77. The van der Waals surface area contributed by atoms with Crippen molar-refractivity contribution >= 4 is 11.8 Å². The zero-order valence-corrected chi connectivity index (χ0v) is 13.2. The number of nitrogens with zero attached hydrogens (tertiary/aromatic N) is 2. The fourth-order valence-corrected chi connectivity index (χ4v) is 3.77. The van der Waals surface area contributed by atoms with Crippen LogP contribution in [0, 0.1) is 5.92 Å². The third-order valence-electron chi connectivity index (χ3n) is 5.19. The Morgan fingerprint density at radius 1 is 1.30 bits per heavy atom. The standard InChI is InChI=1S/C17H20N2O4/c1-18-13-9-19(5-4-12(13)8-16(18)20)17(21)7-11-2-3-14-15(6-11)23-10-22-14/h2-3,6,12-13H,4-5,7-10H2,1H3/t12-,13-/m1/s1. The van der Waals surface area contributed by atoms with Crippen molar-refractivity contribution in [2.45, 2.75) is 25.3 Å². The first-order chi connectivity index (χ1) is 11.1. The van der Waals surface area contributed by atoms with Crippen LogP contribution in [0.4, 0.5) is 0 Å². The van der Waals surface area contributed by atoms with Crippen LogP contribution in [0.3, 0.4) is 0 Å². The van der Waals surface area contributed by atoms with Gasteiger partial charge in [-0.2, -0.15) is 0 Å². The van der Waals surface area contributed by atoms with Crippen LogP contribution in [0.1, 0.15) is 18.4 Å². The number of likely N-dealkylation sites (N-methyl/N-ethyl adjacent to an activating group) is 1. The van der Waals surface area contributed by atoms with Gasteiger partial charge in [0, 0.05) is 26.6 Å². The normalized spacial score (nSPS) is 25.7. The van der Waals surface area contributed by atoms with Gasteiger partial charge in [0.05, 0.1) is 12.5 Å². The summed E-state index contributed by atoms with van der Waals surface area (Å²) in [5.41, 5.74) is 0.928. The van der Waals surface area contributed by atoms with Gasteiger partial charge in [-0.3, -0.25) is 9.59 Å². The quantitative estimate of drug-likeness (QED) is 0.818. The summed E-state index contributed by atoms with van der Waals surface area (Å²) in [5, 5.41) is 0. The number of hydrogen-bond acceptors (Lipinski definition) is 4. The summed E-state index contributed by atoms with van der Waals surface area (Å²) in [4.78, 5) is 28.1. The molecule has 3 aliphatic rings. The Balaban J connectivity index is 1.42. The molecule has 2 atom stereocenters. The topological polar surface area (TPSA) is 59.1 Å². The first-order valence-electron chi connectivity index (χ1n) is 8.04. The average molecular weight is 316 g/mol. The monoisotopic (exact) mass is 316 g/mol. The van der Waals surface area contributed by atoms with Gasteiger partial charge in [-0.25, -0.2) is 0 Å². The van der Waals surface area contributed by atoms with Crippen LogP contribution in [0.25, 0.3) is 0 Å². The first-order valence-corrected chi connectivity index (χ1v) is 8.04. The highest BCUT2D eigenvalue weighted by Crippen LogP contribution is 2.34. The van der Waals surface area contributed by atoms with E-state index in [4.69, 9.17) is 9.47 Å². The molecule has 122 valence electrons. The van der Waals surface area contributed by atoms with Crippen LogP contribution in [0.2, 0.25) is 0 Å². The van der Waals surface area contributed by atoms with Gasteiger partial charge in [-0.05, 0) is 30.0 Å². The molecule has 0 saturated carbocycles. The third-order valence-corrected chi connectivity index (χ3v) is 5.19. The molecular formula is C17H20N2O4. The molecule has 3 aliphatic heterocycles. The lowest BCUT2D eigenvalue weighted by atomic mass is 9.92. The van der Waals surface area contributed by atoms with Crippen LogP contribution in [-0.2, 0) is 16.0 Å². The third kappa shape index (κ3) is 2.52. The SMILES string of the molecule is CN1C(=O)C[C@H]2CCN(C(=O)Cc3ccc4c(c3)OCO4)C[C@H]21. The van der Waals surface area contributed by atoms with E-state index in [2.05, 4.69) is 0 Å². The number of ether oxygens (including phenoxy) is 2. The Labute approximate surface area is 134 Å². The van der Waals surface area contributed by atoms with Gasteiger partial charge in [0.2, 0.25) is 18.6 Å². The Morgan fingerprint density at radius 3 is 3.00 bits per heavy atom. The number of rotatable bonds is 2. The van der Waals surface area contributed by atoms with Crippen LogP contribution in [0.15, 0.2) is 18.2 Å². The van der Waals surface area contributed by atoms with E-state index < -0.39 is 0 Å². The Kier molecular flexibility index (Phi) is 3.39. The molecule has 4 rings (SSSR count). The van der Waals surface area contributed by atoms with Crippen LogP contribution in [0.5, 0.6) is 11.5 Å². The van der Waals surface area contributed by atoms with Gasteiger partial charge in [-0.1, -0.05) is 6.07 Å². The number of carbonyl (C=O) groups is 2. The molecule has 1 aromatic rings. The maximum Gasteiger partial charge on any atom is 0.231 e. The Bertz CT molecular complexity index is 660. The Morgan fingerprint density at radius 2 is 2.13 bits per heavy atom. The molecular weight excluding hydrogens is 296 g/mol. The molecule has 0 bridgehead atoms. The van der Waals surface area contributed by atoms with E-state index >= 15 is 0 Å². The fraction of sp³-hybridized carbons (Fsp3) is 0.529. The second-order valence-corrected chi connectivity index (χ2v) is 6.53. The van der Waals surface area contributed by atoms with Crippen molar-refractivity contribution < 1.29 is 19.1 Å². The lowest BCUT2D eigenvalue weighted by molar-refractivity contribution is -0.134. The number of piperidine rings is 1. The number of fused-ring (bicyclic) bond motifs is 2. The van der Waals surface area contributed by atoms with Gasteiger partial charge in [0.1, 0.15) is 0 Å². The molecule has 6 nitrogen and oxygen atoms in total. The van der Waals surface area contributed by atoms with Gasteiger partial charge in [0.25, 0.3) is 0 Å². The number of amides is 2. The number of likely N-dealkylation sites (tertiary alicyclic amines) is 2. The van der Waals surface area contributed by atoms with Crippen molar-refractivity contribution in [1.29, 1.82) is 0 Å².